The molecule has 0 unspecified atom stereocenters. The molecule has 52 heavy (non-hydrogen) atoms. The average Bonchev–Trinajstić information content (AvgIpc) is 3.73. The Morgan fingerprint density at radius 3 is 1.88 bits per heavy atom. The standard InChI is InChI=1S/C47H29N5/c1-2-13-30(14-3-1)46-36-19-6-9-21-40(36)49-47(50-46)52-42-23-11-8-20-37(42)45-35-18-5-4-16-33(35)38(28-44(45)52)31-24-25-43-39(27-31)34-17-7-10-22-41(34)51(43)32-15-12-26-48-29-32/h1-29H. The summed E-state index contributed by atoms with van der Waals surface area (Å²) >= 11 is 0. The highest BCUT2D eigenvalue weighted by Gasteiger charge is 2.21. The van der Waals surface area contributed by atoms with E-state index in [0.29, 0.717) is 5.95 Å². The van der Waals surface area contributed by atoms with Crippen LogP contribution in [0.4, 0.5) is 0 Å². The summed E-state index contributed by atoms with van der Waals surface area (Å²) in [5.74, 6) is 0.653. The molecule has 0 N–H and O–H groups in total. The Bertz CT molecular complexity index is 3180. The van der Waals surface area contributed by atoms with Crippen molar-refractivity contribution in [2.45, 2.75) is 0 Å². The van der Waals surface area contributed by atoms with E-state index in [1.54, 1.807) is 0 Å². The van der Waals surface area contributed by atoms with E-state index in [4.69, 9.17) is 9.97 Å². The van der Waals surface area contributed by atoms with Crippen LogP contribution in [0.25, 0.3) is 99.3 Å². The predicted octanol–water partition coefficient (Wildman–Crippen LogP) is 11.7. The number of aromatic nitrogens is 5. The van der Waals surface area contributed by atoms with Crippen molar-refractivity contribution in [1.82, 2.24) is 24.1 Å². The van der Waals surface area contributed by atoms with Crippen LogP contribution in [-0.2, 0) is 0 Å². The van der Waals surface area contributed by atoms with Crippen molar-refractivity contribution in [3.63, 3.8) is 0 Å². The Morgan fingerprint density at radius 2 is 1.08 bits per heavy atom. The van der Waals surface area contributed by atoms with E-state index in [-0.39, 0.29) is 0 Å². The molecule has 0 saturated heterocycles. The van der Waals surface area contributed by atoms with Gasteiger partial charge in [0.1, 0.15) is 0 Å². The number of hydrogen-bond donors (Lipinski definition) is 0. The molecular weight excluding hydrogens is 635 g/mol. The molecule has 0 saturated carbocycles. The number of para-hydroxylation sites is 3. The van der Waals surface area contributed by atoms with Gasteiger partial charge in [0.05, 0.1) is 45.2 Å². The van der Waals surface area contributed by atoms with Crippen LogP contribution in [0.5, 0.6) is 0 Å². The molecule has 0 bridgehead atoms. The molecule has 242 valence electrons. The molecular formula is C47H29N5. The summed E-state index contributed by atoms with van der Waals surface area (Å²) in [4.78, 5) is 15.0. The zero-order chi connectivity index (χ0) is 34.2. The molecule has 0 aliphatic carbocycles. The lowest BCUT2D eigenvalue weighted by Crippen LogP contribution is -2.03. The summed E-state index contributed by atoms with van der Waals surface area (Å²) in [6.45, 7) is 0. The molecule has 0 aliphatic heterocycles. The van der Waals surface area contributed by atoms with Gasteiger partial charge in [-0.15, -0.1) is 0 Å². The minimum Gasteiger partial charge on any atom is -0.308 e. The van der Waals surface area contributed by atoms with Gasteiger partial charge in [0.25, 0.3) is 0 Å². The van der Waals surface area contributed by atoms with Gasteiger partial charge in [0, 0.05) is 38.7 Å². The number of nitrogens with zero attached hydrogens (tertiary/aromatic N) is 5. The first-order valence-electron chi connectivity index (χ1n) is 17.5. The van der Waals surface area contributed by atoms with Gasteiger partial charge in [0.15, 0.2) is 0 Å². The van der Waals surface area contributed by atoms with E-state index in [1.807, 2.05) is 30.6 Å². The first kappa shape index (κ1) is 28.7. The monoisotopic (exact) mass is 663 g/mol. The maximum atomic E-state index is 5.35. The molecule has 4 aromatic heterocycles. The van der Waals surface area contributed by atoms with Crippen molar-refractivity contribution < 1.29 is 0 Å². The molecule has 11 aromatic rings. The molecule has 0 spiro atoms. The fraction of sp³-hybridized carbons (Fsp3) is 0. The second kappa shape index (κ2) is 11.2. The Balaban J connectivity index is 1.23. The van der Waals surface area contributed by atoms with Gasteiger partial charge in [-0.2, -0.15) is 0 Å². The molecule has 5 nitrogen and oxygen atoms in total. The molecule has 0 fully saturated rings. The number of hydrogen-bond acceptors (Lipinski definition) is 3. The number of pyridine rings is 1. The summed E-state index contributed by atoms with van der Waals surface area (Å²) in [5.41, 5.74) is 10.7. The van der Waals surface area contributed by atoms with E-state index < -0.39 is 0 Å². The topological polar surface area (TPSA) is 48.5 Å². The normalized spacial score (nSPS) is 11.8. The molecule has 0 amide bonds. The summed E-state index contributed by atoms with van der Waals surface area (Å²) < 4.78 is 4.56. The molecule has 5 heteroatoms. The Hall–Kier alpha value is -7.11. The van der Waals surface area contributed by atoms with Crippen LogP contribution in [-0.4, -0.2) is 24.1 Å². The van der Waals surface area contributed by atoms with Gasteiger partial charge in [-0.3, -0.25) is 9.55 Å². The summed E-state index contributed by atoms with van der Waals surface area (Å²) in [6, 6.07) is 58.1. The molecule has 11 rings (SSSR count). The van der Waals surface area contributed by atoms with Gasteiger partial charge in [-0.05, 0) is 70.4 Å². The van der Waals surface area contributed by atoms with Crippen molar-refractivity contribution in [1.29, 1.82) is 0 Å². The maximum Gasteiger partial charge on any atom is 0.235 e. The van der Waals surface area contributed by atoms with Crippen molar-refractivity contribution >= 4 is 65.3 Å². The molecule has 4 heterocycles. The fourth-order valence-electron chi connectivity index (χ4n) is 8.17. The average molecular weight is 664 g/mol. The summed E-state index contributed by atoms with van der Waals surface area (Å²) in [7, 11) is 0. The van der Waals surface area contributed by atoms with Gasteiger partial charge >= 0.3 is 0 Å². The molecule has 0 radical (unpaired) electrons. The van der Waals surface area contributed by atoms with E-state index in [2.05, 4.69) is 160 Å². The van der Waals surface area contributed by atoms with Crippen LogP contribution >= 0.6 is 0 Å². The highest BCUT2D eigenvalue weighted by molar-refractivity contribution is 6.24. The largest absolute Gasteiger partial charge is 0.308 e. The minimum atomic E-state index is 0.653. The van der Waals surface area contributed by atoms with E-state index in [9.17, 15) is 0 Å². The van der Waals surface area contributed by atoms with Gasteiger partial charge in [-0.25, -0.2) is 9.97 Å². The molecule has 0 aliphatic rings. The van der Waals surface area contributed by atoms with Crippen LogP contribution in [0.3, 0.4) is 0 Å². The zero-order valence-electron chi connectivity index (χ0n) is 28.0. The quantitative estimate of drug-likeness (QED) is 0.188. The van der Waals surface area contributed by atoms with Crippen molar-refractivity contribution in [2.75, 3.05) is 0 Å². The van der Waals surface area contributed by atoms with Gasteiger partial charge < -0.3 is 4.57 Å². The Kier molecular flexibility index (Phi) is 6.18. The molecule has 0 atom stereocenters. The lowest BCUT2D eigenvalue weighted by molar-refractivity contribution is 1.01. The summed E-state index contributed by atoms with van der Waals surface area (Å²) in [5, 5.41) is 8.22. The minimum absolute atomic E-state index is 0.653. The van der Waals surface area contributed by atoms with Crippen LogP contribution in [0.15, 0.2) is 176 Å². The lowest BCUT2D eigenvalue weighted by atomic mass is 9.94. The van der Waals surface area contributed by atoms with E-state index in [0.717, 1.165) is 61.0 Å². The molecule has 7 aromatic carbocycles. The number of fused-ring (bicyclic) bond motifs is 9. The van der Waals surface area contributed by atoms with Crippen LogP contribution < -0.4 is 0 Å². The Morgan fingerprint density at radius 1 is 0.404 bits per heavy atom. The highest BCUT2D eigenvalue weighted by atomic mass is 15.2. The van der Waals surface area contributed by atoms with E-state index >= 15 is 0 Å². The summed E-state index contributed by atoms with van der Waals surface area (Å²) in [6.07, 6.45) is 3.75. The van der Waals surface area contributed by atoms with Gasteiger partial charge in [0.2, 0.25) is 5.95 Å². The number of benzene rings is 7. The number of rotatable bonds is 4. The Labute approximate surface area is 298 Å². The third-order valence-electron chi connectivity index (χ3n) is 10.4. The smallest absolute Gasteiger partial charge is 0.235 e. The SMILES string of the molecule is c1ccc(-c2nc(-n3c4ccccc4c4c5ccccc5c(-c5ccc6c(c5)c5ccccc5n6-c5cccnc5)cc43)nc3ccccc23)cc1. The zero-order valence-corrected chi connectivity index (χ0v) is 28.0. The van der Waals surface area contributed by atoms with Crippen LogP contribution in [0.2, 0.25) is 0 Å². The van der Waals surface area contributed by atoms with Crippen LogP contribution in [0, 0.1) is 0 Å². The van der Waals surface area contributed by atoms with Crippen LogP contribution in [0.1, 0.15) is 0 Å². The van der Waals surface area contributed by atoms with Gasteiger partial charge in [-0.1, -0.05) is 115 Å². The van der Waals surface area contributed by atoms with Crippen molar-refractivity contribution in [3.05, 3.63) is 176 Å². The third kappa shape index (κ3) is 4.20. The first-order valence-corrected chi connectivity index (χ1v) is 17.5. The second-order valence-corrected chi connectivity index (χ2v) is 13.3. The van der Waals surface area contributed by atoms with E-state index in [1.165, 1.54) is 32.3 Å². The predicted molar refractivity (Wildman–Crippen MR) is 214 cm³/mol. The second-order valence-electron chi connectivity index (χ2n) is 13.3. The highest BCUT2D eigenvalue weighted by Crippen LogP contribution is 2.43. The maximum absolute atomic E-state index is 5.35. The third-order valence-corrected chi connectivity index (χ3v) is 10.4. The first-order chi connectivity index (χ1) is 25.8. The van der Waals surface area contributed by atoms with Crippen molar-refractivity contribution in [2.24, 2.45) is 0 Å². The van der Waals surface area contributed by atoms with Crippen molar-refractivity contribution in [3.8, 4) is 34.0 Å². The lowest BCUT2D eigenvalue weighted by Gasteiger charge is -2.14. The fourth-order valence-corrected chi connectivity index (χ4v) is 8.17.